The summed E-state index contributed by atoms with van der Waals surface area (Å²) in [5, 5.41) is 1.12. The van der Waals surface area contributed by atoms with Gasteiger partial charge in [0.1, 0.15) is 12.4 Å². The van der Waals surface area contributed by atoms with Crippen molar-refractivity contribution < 1.29 is 4.74 Å². The summed E-state index contributed by atoms with van der Waals surface area (Å²) in [6.45, 7) is 1.01. The molecule has 1 heterocycles. The van der Waals surface area contributed by atoms with E-state index < -0.39 is 0 Å². The summed E-state index contributed by atoms with van der Waals surface area (Å²) < 4.78 is 6.90. The molecule has 0 bridgehead atoms. The standard InChI is InChI=1S/C13H12BrCl2NOS/c14-12-2-1-10(19-12)7-18-13-8(3-4-17)5-9(15)6-11(13)16/h1-2,5-6H,3-4,7,17H2. The smallest absolute Gasteiger partial charge is 0.141 e. The van der Waals surface area contributed by atoms with Crippen molar-refractivity contribution in [2.75, 3.05) is 6.54 Å². The molecule has 0 unspecified atom stereocenters. The summed E-state index contributed by atoms with van der Waals surface area (Å²) in [4.78, 5) is 1.12. The fraction of sp³-hybridized carbons (Fsp3) is 0.231. The third-order valence-electron chi connectivity index (χ3n) is 2.49. The largest absolute Gasteiger partial charge is 0.486 e. The molecule has 2 rings (SSSR count). The summed E-state index contributed by atoms with van der Waals surface area (Å²) in [6, 6.07) is 7.54. The Morgan fingerprint density at radius 3 is 2.68 bits per heavy atom. The predicted molar refractivity (Wildman–Crippen MR) is 85.6 cm³/mol. The Hall–Kier alpha value is -0.260. The highest BCUT2D eigenvalue weighted by atomic mass is 79.9. The van der Waals surface area contributed by atoms with E-state index in [0.29, 0.717) is 35.4 Å². The van der Waals surface area contributed by atoms with Gasteiger partial charge in [-0.3, -0.25) is 0 Å². The topological polar surface area (TPSA) is 35.2 Å². The summed E-state index contributed by atoms with van der Waals surface area (Å²) in [6.07, 6.45) is 0.684. The van der Waals surface area contributed by atoms with Gasteiger partial charge in [-0.2, -0.15) is 0 Å². The molecule has 0 aliphatic heterocycles. The molecule has 0 radical (unpaired) electrons. The van der Waals surface area contributed by atoms with Crippen LogP contribution in [-0.4, -0.2) is 6.54 Å². The Morgan fingerprint density at radius 2 is 2.05 bits per heavy atom. The van der Waals surface area contributed by atoms with Crippen molar-refractivity contribution in [1.29, 1.82) is 0 Å². The quantitative estimate of drug-likeness (QED) is 0.800. The molecule has 0 fully saturated rings. The Balaban J connectivity index is 2.18. The molecule has 0 atom stereocenters. The Kier molecular flexibility index (Phi) is 5.54. The molecule has 2 nitrogen and oxygen atoms in total. The van der Waals surface area contributed by atoms with Crippen molar-refractivity contribution in [2.45, 2.75) is 13.0 Å². The average molecular weight is 381 g/mol. The maximum atomic E-state index is 6.19. The first-order valence-corrected chi connectivity index (χ1v) is 8.01. The van der Waals surface area contributed by atoms with Crippen LogP contribution in [0.25, 0.3) is 0 Å². The van der Waals surface area contributed by atoms with Crippen molar-refractivity contribution in [2.24, 2.45) is 5.73 Å². The molecule has 19 heavy (non-hydrogen) atoms. The zero-order valence-electron chi connectivity index (χ0n) is 9.96. The first-order valence-electron chi connectivity index (χ1n) is 5.65. The summed E-state index contributed by atoms with van der Waals surface area (Å²) in [7, 11) is 0. The zero-order chi connectivity index (χ0) is 13.8. The lowest BCUT2D eigenvalue weighted by molar-refractivity contribution is 0.307. The van der Waals surface area contributed by atoms with Gasteiger partial charge in [0, 0.05) is 9.90 Å². The number of hydrogen-bond donors (Lipinski definition) is 1. The van der Waals surface area contributed by atoms with E-state index in [1.165, 1.54) is 0 Å². The maximum absolute atomic E-state index is 6.19. The third-order valence-corrected chi connectivity index (χ3v) is 4.58. The Morgan fingerprint density at radius 1 is 1.26 bits per heavy atom. The zero-order valence-corrected chi connectivity index (χ0v) is 13.9. The molecule has 0 spiro atoms. The second kappa shape index (κ2) is 6.95. The molecule has 0 saturated heterocycles. The van der Waals surface area contributed by atoms with Crippen LogP contribution >= 0.6 is 50.5 Å². The number of benzene rings is 1. The molecular weight excluding hydrogens is 369 g/mol. The van der Waals surface area contributed by atoms with Gasteiger partial charge in [0.25, 0.3) is 0 Å². The van der Waals surface area contributed by atoms with Crippen molar-refractivity contribution >= 4 is 50.5 Å². The van der Waals surface area contributed by atoms with E-state index in [-0.39, 0.29) is 0 Å². The second-order valence-corrected chi connectivity index (χ2v) is 7.30. The summed E-state index contributed by atoms with van der Waals surface area (Å²) in [5.74, 6) is 0.668. The molecular formula is C13H12BrCl2NOS. The van der Waals surface area contributed by atoms with Crippen molar-refractivity contribution in [3.05, 3.63) is 48.5 Å². The van der Waals surface area contributed by atoms with Gasteiger partial charge < -0.3 is 10.5 Å². The van der Waals surface area contributed by atoms with Crippen LogP contribution in [0.4, 0.5) is 0 Å². The normalized spacial score (nSPS) is 10.7. The lowest BCUT2D eigenvalue weighted by Gasteiger charge is -2.12. The minimum Gasteiger partial charge on any atom is -0.486 e. The molecule has 2 N–H and O–H groups in total. The second-order valence-electron chi connectivity index (χ2n) is 3.91. The maximum Gasteiger partial charge on any atom is 0.141 e. The van der Waals surface area contributed by atoms with E-state index in [1.807, 2.05) is 18.2 Å². The lowest BCUT2D eigenvalue weighted by Crippen LogP contribution is -2.05. The van der Waals surface area contributed by atoms with Crippen LogP contribution in [0.3, 0.4) is 0 Å². The first-order chi connectivity index (χ1) is 9.10. The summed E-state index contributed by atoms with van der Waals surface area (Å²) in [5.41, 5.74) is 6.53. The fourth-order valence-electron chi connectivity index (χ4n) is 1.69. The van der Waals surface area contributed by atoms with Gasteiger partial charge in [0.2, 0.25) is 0 Å². The molecule has 0 amide bonds. The SMILES string of the molecule is NCCc1cc(Cl)cc(Cl)c1OCc1ccc(Br)s1. The fourth-order valence-corrected chi connectivity index (χ4v) is 3.68. The van der Waals surface area contributed by atoms with E-state index in [0.717, 1.165) is 14.2 Å². The van der Waals surface area contributed by atoms with Crippen LogP contribution in [0.15, 0.2) is 28.1 Å². The predicted octanol–water partition coefficient (Wildman–Crippen LogP) is 4.90. The van der Waals surface area contributed by atoms with Gasteiger partial charge in [-0.25, -0.2) is 0 Å². The molecule has 6 heteroatoms. The van der Waals surface area contributed by atoms with Crippen LogP contribution in [0.2, 0.25) is 10.0 Å². The number of ether oxygens (including phenoxy) is 1. The van der Waals surface area contributed by atoms with Crippen LogP contribution in [0.5, 0.6) is 5.75 Å². The Bertz CT molecular complexity index is 574. The highest BCUT2D eigenvalue weighted by molar-refractivity contribution is 9.11. The van der Waals surface area contributed by atoms with Gasteiger partial charge in [0.05, 0.1) is 8.81 Å². The van der Waals surface area contributed by atoms with E-state index in [1.54, 1.807) is 17.4 Å². The first kappa shape index (κ1) is 15.1. The van der Waals surface area contributed by atoms with Gasteiger partial charge >= 0.3 is 0 Å². The number of rotatable bonds is 5. The summed E-state index contributed by atoms with van der Waals surface area (Å²) >= 11 is 17.2. The van der Waals surface area contributed by atoms with Gasteiger partial charge in [-0.1, -0.05) is 23.2 Å². The van der Waals surface area contributed by atoms with E-state index in [9.17, 15) is 0 Å². The average Bonchev–Trinajstić information content (AvgIpc) is 2.74. The number of thiophene rings is 1. The van der Waals surface area contributed by atoms with Crippen LogP contribution in [-0.2, 0) is 13.0 Å². The van der Waals surface area contributed by atoms with E-state index in [2.05, 4.69) is 15.9 Å². The van der Waals surface area contributed by atoms with E-state index in [4.69, 9.17) is 33.7 Å². The minimum atomic E-state index is 0.481. The highest BCUT2D eigenvalue weighted by Crippen LogP contribution is 2.34. The molecule has 1 aromatic heterocycles. The number of halogens is 3. The van der Waals surface area contributed by atoms with Crippen molar-refractivity contribution in [3.8, 4) is 5.75 Å². The van der Waals surface area contributed by atoms with Crippen LogP contribution in [0.1, 0.15) is 10.4 Å². The number of nitrogens with two attached hydrogens (primary N) is 1. The van der Waals surface area contributed by atoms with Gasteiger partial charge in [0.15, 0.2) is 0 Å². The molecule has 1 aromatic carbocycles. The highest BCUT2D eigenvalue weighted by Gasteiger charge is 2.11. The van der Waals surface area contributed by atoms with Crippen molar-refractivity contribution in [1.82, 2.24) is 0 Å². The molecule has 102 valence electrons. The van der Waals surface area contributed by atoms with Crippen LogP contribution < -0.4 is 10.5 Å². The molecule has 2 aromatic rings. The van der Waals surface area contributed by atoms with Crippen molar-refractivity contribution in [3.63, 3.8) is 0 Å². The minimum absolute atomic E-state index is 0.481. The van der Waals surface area contributed by atoms with Crippen LogP contribution in [0, 0.1) is 0 Å². The lowest BCUT2D eigenvalue weighted by atomic mass is 10.1. The third kappa shape index (κ3) is 4.10. The van der Waals surface area contributed by atoms with Gasteiger partial charge in [-0.05, 0) is 58.7 Å². The molecule has 0 aliphatic carbocycles. The Labute approximate surface area is 134 Å². The van der Waals surface area contributed by atoms with Gasteiger partial charge in [-0.15, -0.1) is 11.3 Å². The van der Waals surface area contributed by atoms with E-state index >= 15 is 0 Å². The molecule has 0 saturated carbocycles. The molecule has 0 aliphatic rings. The monoisotopic (exact) mass is 379 g/mol. The number of hydrogen-bond acceptors (Lipinski definition) is 3.